The molecule has 0 aromatic carbocycles. The lowest BCUT2D eigenvalue weighted by atomic mass is 10.6. The van der Waals surface area contributed by atoms with Gasteiger partial charge in [0, 0.05) is 13.6 Å². The number of H-pyrrole nitrogens is 1. The Bertz CT molecular complexity index is 209. The molecule has 0 unspecified atom stereocenters. The molecule has 1 aromatic rings. The predicted octanol–water partition coefficient (Wildman–Crippen LogP) is 0.400. The first-order valence-electron chi connectivity index (χ1n) is 3.03. The highest BCUT2D eigenvalue weighted by Crippen LogP contribution is 2.08. The first kappa shape index (κ1) is 6.98. The highest BCUT2D eigenvalue weighted by atomic mass is 19.1. The molecule has 0 fully saturated rings. The van der Waals surface area contributed by atoms with Gasteiger partial charge >= 0.3 is 0 Å². The molecule has 0 spiro atoms. The first-order valence-corrected chi connectivity index (χ1v) is 3.03. The zero-order chi connectivity index (χ0) is 7.56. The molecule has 1 N–H and O–H groups in total. The van der Waals surface area contributed by atoms with E-state index >= 15 is 0 Å². The van der Waals surface area contributed by atoms with Crippen molar-refractivity contribution < 1.29 is 4.39 Å². The summed E-state index contributed by atoms with van der Waals surface area (Å²) in [5.74, 6) is -0.216. The largest absolute Gasteiger partial charge is 0.355 e. The van der Waals surface area contributed by atoms with Crippen LogP contribution in [0.15, 0.2) is 0 Å². The average molecular weight is 144 g/mol. The van der Waals surface area contributed by atoms with E-state index in [0.29, 0.717) is 6.54 Å². The summed E-state index contributed by atoms with van der Waals surface area (Å²) in [7, 11) is 1.75. The molecule has 0 aliphatic rings. The number of anilines is 1. The minimum absolute atomic E-state index is 0.266. The molecule has 0 amide bonds. The lowest BCUT2D eigenvalue weighted by Gasteiger charge is -2.10. The summed E-state index contributed by atoms with van der Waals surface area (Å²) in [6, 6.07) is 0. The molecule has 1 rings (SSSR count). The maximum atomic E-state index is 12.6. The lowest BCUT2D eigenvalue weighted by Crippen LogP contribution is -2.17. The Labute approximate surface area is 58.0 Å². The van der Waals surface area contributed by atoms with Crippen LogP contribution in [-0.2, 0) is 0 Å². The van der Waals surface area contributed by atoms with E-state index in [1.54, 1.807) is 11.9 Å². The fourth-order valence-electron chi connectivity index (χ4n) is 0.604. The average Bonchev–Trinajstić information content (AvgIpc) is 2.34. The van der Waals surface area contributed by atoms with Crippen LogP contribution < -0.4 is 4.90 Å². The van der Waals surface area contributed by atoms with Crippen molar-refractivity contribution in [2.75, 3.05) is 18.5 Å². The van der Waals surface area contributed by atoms with E-state index in [2.05, 4.69) is 15.4 Å². The van der Waals surface area contributed by atoms with Crippen LogP contribution in [0, 0.1) is 5.95 Å². The zero-order valence-electron chi connectivity index (χ0n) is 5.93. The zero-order valence-corrected chi connectivity index (χ0v) is 5.93. The molecule has 0 atom stereocenters. The minimum Gasteiger partial charge on any atom is -0.355 e. The molecule has 0 radical (unpaired) electrons. The molecule has 0 bridgehead atoms. The smallest absolute Gasteiger partial charge is 0.253 e. The quantitative estimate of drug-likeness (QED) is 0.653. The summed E-state index contributed by atoms with van der Waals surface area (Å²) < 4.78 is 12.6. The second-order valence-corrected chi connectivity index (χ2v) is 1.96. The maximum Gasteiger partial charge on any atom is 0.253 e. The Morgan fingerprint density at radius 3 is 2.80 bits per heavy atom. The monoisotopic (exact) mass is 144 g/mol. The van der Waals surface area contributed by atoms with E-state index in [9.17, 15) is 4.39 Å². The van der Waals surface area contributed by atoms with Gasteiger partial charge in [-0.1, -0.05) is 5.21 Å². The van der Waals surface area contributed by atoms with Gasteiger partial charge in [-0.15, -0.1) is 5.10 Å². The molecule has 1 heterocycles. The molecule has 0 aliphatic heterocycles. The molecule has 4 nitrogen and oxygen atoms in total. The fraction of sp³-hybridized carbons (Fsp3) is 0.600. The van der Waals surface area contributed by atoms with Crippen molar-refractivity contribution in [2.45, 2.75) is 6.92 Å². The number of nitrogens with zero attached hydrogens (tertiary/aromatic N) is 3. The van der Waals surface area contributed by atoms with Gasteiger partial charge in [0.25, 0.3) is 5.95 Å². The topological polar surface area (TPSA) is 44.8 Å². The predicted molar refractivity (Wildman–Crippen MR) is 35.3 cm³/mol. The number of rotatable bonds is 2. The van der Waals surface area contributed by atoms with E-state index in [4.69, 9.17) is 0 Å². The number of hydrogen-bond donors (Lipinski definition) is 1. The molecule has 0 saturated heterocycles. The van der Waals surface area contributed by atoms with Crippen LogP contribution in [0.1, 0.15) is 6.92 Å². The van der Waals surface area contributed by atoms with E-state index in [0.717, 1.165) is 0 Å². The van der Waals surface area contributed by atoms with Crippen LogP contribution in [0.5, 0.6) is 0 Å². The number of nitrogens with one attached hydrogen (secondary N) is 1. The van der Waals surface area contributed by atoms with Crippen molar-refractivity contribution in [3.63, 3.8) is 0 Å². The first-order chi connectivity index (χ1) is 4.75. The van der Waals surface area contributed by atoms with E-state index < -0.39 is 5.95 Å². The minimum atomic E-state index is -0.482. The van der Waals surface area contributed by atoms with E-state index in [1.807, 2.05) is 6.92 Å². The number of halogens is 1. The summed E-state index contributed by atoms with van der Waals surface area (Å²) in [6.45, 7) is 2.62. The molecule has 10 heavy (non-hydrogen) atoms. The van der Waals surface area contributed by atoms with Gasteiger partial charge in [0.05, 0.1) is 0 Å². The Morgan fingerprint density at radius 1 is 1.70 bits per heavy atom. The second kappa shape index (κ2) is 2.64. The molecule has 56 valence electrons. The van der Waals surface area contributed by atoms with Gasteiger partial charge in [0.2, 0.25) is 5.82 Å². The van der Waals surface area contributed by atoms with Crippen molar-refractivity contribution in [3.05, 3.63) is 5.95 Å². The summed E-state index contributed by atoms with van der Waals surface area (Å²) >= 11 is 0. The third kappa shape index (κ3) is 1.07. The molecule has 0 saturated carbocycles. The van der Waals surface area contributed by atoms with Crippen LogP contribution in [-0.4, -0.2) is 29.0 Å². The van der Waals surface area contributed by atoms with Crippen molar-refractivity contribution >= 4 is 5.82 Å². The Hall–Kier alpha value is -1.13. The lowest BCUT2D eigenvalue weighted by molar-refractivity contribution is 0.577. The number of aromatic amines is 1. The third-order valence-corrected chi connectivity index (χ3v) is 1.33. The Kier molecular flexibility index (Phi) is 1.84. The van der Waals surface area contributed by atoms with Crippen molar-refractivity contribution in [1.82, 2.24) is 15.4 Å². The Balaban J connectivity index is 2.82. The van der Waals surface area contributed by atoms with Crippen LogP contribution >= 0.6 is 0 Å². The van der Waals surface area contributed by atoms with Crippen LogP contribution in [0.4, 0.5) is 10.2 Å². The number of hydrogen-bond acceptors (Lipinski definition) is 3. The van der Waals surface area contributed by atoms with Gasteiger partial charge in [-0.3, -0.25) is 0 Å². The molecule has 5 heteroatoms. The molecular weight excluding hydrogens is 135 g/mol. The normalized spacial score (nSPS) is 9.90. The summed E-state index contributed by atoms with van der Waals surface area (Å²) in [5.41, 5.74) is 0. The van der Waals surface area contributed by atoms with Crippen molar-refractivity contribution in [2.24, 2.45) is 0 Å². The highest BCUT2D eigenvalue weighted by Gasteiger charge is 2.08. The van der Waals surface area contributed by atoms with Crippen molar-refractivity contribution in [3.8, 4) is 0 Å². The second-order valence-electron chi connectivity index (χ2n) is 1.96. The molecular formula is C5H9FN4. The molecule has 1 aromatic heterocycles. The standard InChI is InChI=1S/C5H9FN4/c1-3-10(2)5-4(6)7-9-8-5/h3H2,1-2H3,(H,7,8,9). The van der Waals surface area contributed by atoms with Gasteiger partial charge in [-0.25, -0.2) is 5.10 Å². The van der Waals surface area contributed by atoms with Gasteiger partial charge in [-0.05, 0) is 6.92 Å². The SMILES string of the molecule is CCN(C)c1nn[nH]c1F. The Morgan fingerprint density at radius 2 is 2.40 bits per heavy atom. The van der Waals surface area contributed by atoms with Crippen LogP contribution in [0.25, 0.3) is 0 Å². The van der Waals surface area contributed by atoms with Gasteiger partial charge < -0.3 is 4.90 Å². The highest BCUT2D eigenvalue weighted by molar-refractivity contribution is 5.33. The number of aromatic nitrogens is 3. The van der Waals surface area contributed by atoms with Gasteiger partial charge in [0.15, 0.2) is 0 Å². The maximum absolute atomic E-state index is 12.6. The summed E-state index contributed by atoms with van der Waals surface area (Å²) in [4.78, 5) is 1.67. The van der Waals surface area contributed by atoms with Gasteiger partial charge in [-0.2, -0.15) is 4.39 Å². The van der Waals surface area contributed by atoms with E-state index in [1.165, 1.54) is 0 Å². The third-order valence-electron chi connectivity index (χ3n) is 1.33. The summed E-state index contributed by atoms with van der Waals surface area (Å²) in [5, 5.41) is 8.95. The summed E-state index contributed by atoms with van der Waals surface area (Å²) in [6.07, 6.45) is 0. The molecule has 0 aliphatic carbocycles. The van der Waals surface area contributed by atoms with E-state index in [-0.39, 0.29) is 5.82 Å². The van der Waals surface area contributed by atoms with Crippen molar-refractivity contribution in [1.29, 1.82) is 0 Å². The van der Waals surface area contributed by atoms with Gasteiger partial charge in [0.1, 0.15) is 0 Å². The van der Waals surface area contributed by atoms with Crippen LogP contribution in [0.2, 0.25) is 0 Å². The fourth-order valence-corrected chi connectivity index (χ4v) is 0.604. The van der Waals surface area contributed by atoms with Crippen LogP contribution in [0.3, 0.4) is 0 Å².